The van der Waals surface area contributed by atoms with Gasteiger partial charge in [0.2, 0.25) is 0 Å². The van der Waals surface area contributed by atoms with Crippen LogP contribution in [0.1, 0.15) is 23.3 Å². The van der Waals surface area contributed by atoms with Gasteiger partial charge in [-0.2, -0.15) is 0 Å². The Morgan fingerprint density at radius 2 is 1.89 bits per heavy atom. The van der Waals surface area contributed by atoms with E-state index in [9.17, 15) is 5.11 Å². The molecule has 100 valence electrons. The van der Waals surface area contributed by atoms with Gasteiger partial charge in [-0.3, -0.25) is 0 Å². The molecule has 1 saturated carbocycles. The van der Waals surface area contributed by atoms with Crippen LogP contribution in [0, 0.1) is 5.92 Å². The summed E-state index contributed by atoms with van der Waals surface area (Å²) in [6.07, 6.45) is 2.11. The van der Waals surface area contributed by atoms with Gasteiger partial charge in [0, 0.05) is 4.88 Å². The first-order chi connectivity index (χ1) is 9.14. The average Bonchev–Trinajstić information content (AvgIpc) is 3.20. The van der Waals surface area contributed by atoms with E-state index < -0.39 is 5.60 Å². The van der Waals surface area contributed by atoms with Crippen molar-refractivity contribution in [2.24, 2.45) is 5.92 Å². The number of benzene rings is 1. The Bertz CT molecular complexity index is 574. The summed E-state index contributed by atoms with van der Waals surface area (Å²) in [5.41, 5.74) is -0.00122. The van der Waals surface area contributed by atoms with Crippen molar-refractivity contribution in [1.29, 1.82) is 0 Å². The predicted octanol–water partition coefficient (Wildman–Crippen LogP) is 4.06. The van der Waals surface area contributed by atoms with Crippen molar-refractivity contribution in [3.63, 3.8) is 0 Å². The highest BCUT2D eigenvalue weighted by Gasteiger charge is 2.47. The Kier molecular flexibility index (Phi) is 3.29. The Balaban J connectivity index is 2.04. The fraction of sp³-hybridized carbons (Fsp3) is 0.333. The van der Waals surface area contributed by atoms with Crippen molar-refractivity contribution in [1.82, 2.24) is 0 Å². The Morgan fingerprint density at radius 1 is 1.21 bits per heavy atom. The molecule has 19 heavy (non-hydrogen) atoms. The van der Waals surface area contributed by atoms with E-state index in [2.05, 4.69) is 0 Å². The minimum Gasteiger partial charge on any atom is -0.497 e. The van der Waals surface area contributed by atoms with Crippen LogP contribution in [0.15, 0.2) is 36.4 Å². The number of ether oxygens (including phenoxy) is 1. The second-order valence-electron chi connectivity index (χ2n) is 4.87. The van der Waals surface area contributed by atoms with Gasteiger partial charge in [-0.1, -0.05) is 23.7 Å². The van der Waals surface area contributed by atoms with Crippen LogP contribution in [-0.2, 0) is 5.60 Å². The lowest BCUT2D eigenvalue weighted by atomic mass is 9.87. The smallest absolute Gasteiger partial charge is 0.127 e. The summed E-state index contributed by atoms with van der Waals surface area (Å²) >= 11 is 7.47. The van der Waals surface area contributed by atoms with Gasteiger partial charge in [-0.25, -0.2) is 0 Å². The summed E-state index contributed by atoms with van der Waals surface area (Å²) in [5.74, 6) is 1.08. The van der Waals surface area contributed by atoms with Gasteiger partial charge in [-0.05, 0) is 48.6 Å². The van der Waals surface area contributed by atoms with Crippen molar-refractivity contribution >= 4 is 22.9 Å². The average molecular weight is 295 g/mol. The summed E-state index contributed by atoms with van der Waals surface area (Å²) in [6.45, 7) is 0. The van der Waals surface area contributed by atoms with Crippen LogP contribution in [0.4, 0.5) is 0 Å². The van der Waals surface area contributed by atoms with Crippen molar-refractivity contribution in [3.8, 4) is 5.75 Å². The first kappa shape index (κ1) is 13.0. The van der Waals surface area contributed by atoms with E-state index in [0.717, 1.165) is 29.0 Å². The lowest BCUT2D eigenvalue weighted by molar-refractivity contribution is 0.0602. The molecule has 0 amide bonds. The highest BCUT2D eigenvalue weighted by molar-refractivity contribution is 7.16. The number of rotatable bonds is 4. The predicted molar refractivity (Wildman–Crippen MR) is 78.0 cm³/mol. The Morgan fingerprint density at radius 3 is 2.37 bits per heavy atom. The van der Waals surface area contributed by atoms with E-state index in [1.807, 2.05) is 36.4 Å². The third-order valence-corrected chi connectivity index (χ3v) is 5.00. The van der Waals surface area contributed by atoms with Crippen molar-refractivity contribution in [2.75, 3.05) is 7.11 Å². The van der Waals surface area contributed by atoms with Gasteiger partial charge < -0.3 is 9.84 Å². The van der Waals surface area contributed by atoms with Crippen LogP contribution in [0.3, 0.4) is 0 Å². The summed E-state index contributed by atoms with van der Waals surface area (Å²) in [4.78, 5) is 0.921. The molecule has 0 aliphatic heterocycles. The molecular formula is C15H15ClO2S. The normalized spacial score (nSPS) is 18.1. The number of hydrogen-bond donors (Lipinski definition) is 1. The third kappa shape index (κ3) is 2.27. The molecule has 0 saturated heterocycles. The molecule has 1 atom stereocenters. The maximum Gasteiger partial charge on any atom is 0.127 e. The number of methoxy groups -OCH3 is 1. The molecule has 3 rings (SSSR count). The maximum absolute atomic E-state index is 11.2. The van der Waals surface area contributed by atoms with E-state index in [0.29, 0.717) is 4.34 Å². The highest BCUT2D eigenvalue weighted by atomic mass is 35.5. The van der Waals surface area contributed by atoms with Crippen LogP contribution in [-0.4, -0.2) is 12.2 Å². The molecular weight excluding hydrogens is 280 g/mol. The molecule has 0 bridgehead atoms. The van der Waals surface area contributed by atoms with Crippen molar-refractivity contribution in [3.05, 3.63) is 51.2 Å². The zero-order valence-corrected chi connectivity index (χ0v) is 12.2. The van der Waals surface area contributed by atoms with E-state index in [1.165, 1.54) is 11.3 Å². The summed E-state index contributed by atoms with van der Waals surface area (Å²) in [6, 6.07) is 11.4. The molecule has 1 unspecified atom stereocenters. The minimum absolute atomic E-state index is 0.288. The second kappa shape index (κ2) is 4.82. The number of halogens is 1. The standard InChI is InChI=1S/C15H15ClO2S/c1-18-12-6-4-11(5-7-12)15(17,10-2-3-10)13-8-9-14(16)19-13/h4-10,17H,2-3H2,1H3. The molecule has 1 aromatic carbocycles. The lowest BCUT2D eigenvalue weighted by Crippen LogP contribution is -2.28. The van der Waals surface area contributed by atoms with E-state index in [4.69, 9.17) is 16.3 Å². The van der Waals surface area contributed by atoms with Crippen LogP contribution >= 0.6 is 22.9 Å². The fourth-order valence-electron chi connectivity index (χ4n) is 2.44. The van der Waals surface area contributed by atoms with Gasteiger partial charge >= 0.3 is 0 Å². The number of hydrogen-bond acceptors (Lipinski definition) is 3. The lowest BCUT2D eigenvalue weighted by Gasteiger charge is -2.28. The summed E-state index contributed by atoms with van der Waals surface area (Å²) in [5, 5.41) is 11.2. The van der Waals surface area contributed by atoms with Gasteiger partial charge in [0.25, 0.3) is 0 Å². The molecule has 2 nitrogen and oxygen atoms in total. The molecule has 2 aromatic rings. The van der Waals surface area contributed by atoms with Gasteiger partial charge in [0.05, 0.1) is 11.4 Å². The van der Waals surface area contributed by atoms with Crippen LogP contribution in [0.25, 0.3) is 0 Å². The van der Waals surface area contributed by atoms with Crippen molar-refractivity contribution in [2.45, 2.75) is 18.4 Å². The Labute approximate surface area is 121 Å². The highest BCUT2D eigenvalue weighted by Crippen LogP contribution is 2.51. The minimum atomic E-state index is -0.913. The zero-order valence-electron chi connectivity index (χ0n) is 10.6. The van der Waals surface area contributed by atoms with Gasteiger partial charge in [-0.15, -0.1) is 11.3 Å². The van der Waals surface area contributed by atoms with Crippen LogP contribution < -0.4 is 4.74 Å². The van der Waals surface area contributed by atoms with Gasteiger partial charge in [0.1, 0.15) is 11.4 Å². The third-order valence-electron chi connectivity index (χ3n) is 3.65. The quantitative estimate of drug-likeness (QED) is 0.921. The largest absolute Gasteiger partial charge is 0.497 e. The molecule has 1 N–H and O–H groups in total. The summed E-state index contributed by atoms with van der Waals surface area (Å²) in [7, 11) is 1.64. The van der Waals surface area contributed by atoms with Crippen molar-refractivity contribution < 1.29 is 9.84 Å². The summed E-state index contributed by atoms with van der Waals surface area (Å²) < 4.78 is 5.88. The molecule has 1 aromatic heterocycles. The first-order valence-electron chi connectivity index (χ1n) is 6.27. The molecule has 1 heterocycles. The SMILES string of the molecule is COc1ccc(C(O)(c2ccc(Cl)s2)C2CC2)cc1. The molecule has 1 fully saturated rings. The topological polar surface area (TPSA) is 29.5 Å². The number of aliphatic hydroxyl groups is 1. The molecule has 1 aliphatic rings. The number of thiophene rings is 1. The van der Waals surface area contributed by atoms with Crippen LogP contribution in [0.2, 0.25) is 4.34 Å². The fourth-order valence-corrected chi connectivity index (χ4v) is 3.68. The van der Waals surface area contributed by atoms with E-state index >= 15 is 0 Å². The molecule has 4 heteroatoms. The monoisotopic (exact) mass is 294 g/mol. The first-order valence-corrected chi connectivity index (χ1v) is 7.46. The Hall–Kier alpha value is -1.03. The van der Waals surface area contributed by atoms with Crippen LogP contribution in [0.5, 0.6) is 5.75 Å². The van der Waals surface area contributed by atoms with E-state index in [1.54, 1.807) is 7.11 Å². The molecule has 1 aliphatic carbocycles. The van der Waals surface area contributed by atoms with Gasteiger partial charge in [0.15, 0.2) is 0 Å². The van der Waals surface area contributed by atoms with E-state index in [-0.39, 0.29) is 5.92 Å². The second-order valence-corrected chi connectivity index (χ2v) is 6.59. The molecule has 0 radical (unpaired) electrons. The molecule has 0 spiro atoms. The zero-order chi connectivity index (χ0) is 13.5. The maximum atomic E-state index is 11.2.